The van der Waals surface area contributed by atoms with Crippen molar-refractivity contribution in [3.63, 3.8) is 0 Å². The van der Waals surface area contributed by atoms with Gasteiger partial charge in [0.25, 0.3) is 16.8 Å². The number of rotatable bonds is 10. The summed E-state index contributed by atoms with van der Waals surface area (Å²) in [4.78, 5) is 66.4. The van der Waals surface area contributed by atoms with Gasteiger partial charge in [-0.25, -0.2) is 19.2 Å². The van der Waals surface area contributed by atoms with E-state index < -0.39 is 28.6 Å². The molecule has 3 aliphatic carbocycles. The van der Waals surface area contributed by atoms with Crippen LogP contribution in [0.25, 0.3) is 5.78 Å². The van der Waals surface area contributed by atoms with Gasteiger partial charge in [-0.05, 0) is 68.9 Å². The number of halogens is 1. The maximum absolute atomic E-state index is 12.5. The number of aromatic carboxylic acids is 1. The Bertz CT molecular complexity index is 1930. The average Bonchev–Trinajstić information content (AvgIpc) is 3.48. The van der Waals surface area contributed by atoms with Crippen LogP contribution in [0.2, 0.25) is 0 Å². The minimum Gasteiger partial charge on any atom is -0.493 e. The second-order valence-corrected chi connectivity index (χ2v) is 12.5. The molecule has 1 atom stereocenters. The SMILES string of the molecule is C.CCOC(=O)C12CCC(C(C)N)(CC1)CC2.Cl.Nc1c(NCc2cccc(CNC(=O)c3cc(C(=O)O)n4c(O)cnc4n3)c2)c(=O)c1=O. The Morgan fingerprint density at radius 1 is 1.04 bits per heavy atom. The van der Waals surface area contributed by atoms with Crippen molar-refractivity contribution in [2.45, 2.75) is 78.9 Å². The lowest BCUT2D eigenvalue weighted by Crippen LogP contribution is -2.52. The first-order valence-corrected chi connectivity index (χ1v) is 15.7. The van der Waals surface area contributed by atoms with Crippen LogP contribution in [0, 0.1) is 10.8 Å². The highest BCUT2D eigenvalue weighted by molar-refractivity contribution is 5.96. The van der Waals surface area contributed by atoms with Gasteiger partial charge in [0.05, 0.1) is 18.2 Å². The normalized spacial score (nSPS) is 19.7. The fourth-order valence-electron chi connectivity index (χ4n) is 6.64. The molecule has 15 nitrogen and oxygen atoms in total. The van der Waals surface area contributed by atoms with Crippen LogP contribution in [0.4, 0.5) is 11.4 Å². The van der Waals surface area contributed by atoms with Gasteiger partial charge in [-0.3, -0.25) is 19.2 Å². The number of aromatic nitrogens is 3. The van der Waals surface area contributed by atoms with Crippen molar-refractivity contribution >= 4 is 47.4 Å². The Hall–Kier alpha value is -5.02. The molecule has 2 bridgehead atoms. The van der Waals surface area contributed by atoms with Crippen LogP contribution in [-0.4, -0.2) is 55.1 Å². The van der Waals surface area contributed by atoms with E-state index >= 15 is 0 Å². The summed E-state index contributed by atoms with van der Waals surface area (Å²) in [6.45, 7) is 4.86. The average molecular weight is 714 g/mol. The third kappa shape index (κ3) is 7.58. The van der Waals surface area contributed by atoms with E-state index in [1.165, 1.54) is 0 Å². The number of ether oxygens (including phenoxy) is 1. The number of hydrogen-bond acceptors (Lipinski definition) is 12. The molecule has 1 unspecified atom stereocenters. The highest BCUT2D eigenvalue weighted by Gasteiger charge is 2.54. The van der Waals surface area contributed by atoms with Crippen molar-refractivity contribution in [2.24, 2.45) is 16.6 Å². The summed E-state index contributed by atoms with van der Waals surface area (Å²) in [5.74, 6) is -2.49. The van der Waals surface area contributed by atoms with Crippen LogP contribution in [-0.2, 0) is 22.6 Å². The van der Waals surface area contributed by atoms with E-state index in [9.17, 15) is 34.2 Å². The molecule has 4 aromatic rings. The molecule has 50 heavy (non-hydrogen) atoms. The maximum atomic E-state index is 12.5. The van der Waals surface area contributed by atoms with E-state index in [-0.39, 0.29) is 78.9 Å². The highest BCUT2D eigenvalue weighted by Crippen LogP contribution is 2.58. The van der Waals surface area contributed by atoms with Crippen LogP contribution in [0.5, 0.6) is 5.88 Å². The maximum Gasteiger partial charge on any atom is 0.353 e. The van der Waals surface area contributed by atoms with Crippen molar-refractivity contribution in [3.05, 3.63) is 79.5 Å². The first-order valence-electron chi connectivity index (χ1n) is 15.7. The summed E-state index contributed by atoms with van der Waals surface area (Å²) in [5.41, 5.74) is 11.4. The van der Waals surface area contributed by atoms with Gasteiger partial charge in [-0.15, -0.1) is 12.4 Å². The molecule has 7 rings (SSSR count). The molecule has 2 aromatic carbocycles. The summed E-state index contributed by atoms with van der Waals surface area (Å²) < 4.78 is 6.14. The molecule has 2 heterocycles. The van der Waals surface area contributed by atoms with Gasteiger partial charge in [0.1, 0.15) is 22.8 Å². The van der Waals surface area contributed by atoms with Crippen molar-refractivity contribution < 1.29 is 29.3 Å². The number of hydrogen-bond donors (Lipinski definition) is 6. The molecule has 8 N–H and O–H groups in total. The van der Waals surface area contributed by atoms with Crippen molar-refractivity contribution in [1.29, 1.82) is 0 Å². The number of imidazole rings is 1. The number of nitrogens with two attached hydrogens (primary N) is 2. The number of anilines is 2. The minimum absolute atomic E-state index is 0. The van der Waals surface area contributed by atoms with Crippen molar-refractivity contribution in [1.82, 2.24) is 19.7 Å². The molecular weight excluding hydrogens is 670 g/mol. The number of esters is 1. The number of nitrogens with one attached hydrogen (secondary N) is 2. The predicted molar refractivity (Wildman–Crippen MR) is 189 cm³/mol. The van der Waals surface area contributed by atoms with Gasteiger partial charge in [-0.2, -0.15) is 0 Å². The number of nitrogens with zero attached hydrogens (tertiary/aromatic N) is 3. The van der Waals surface area contributed by atoms with Crippen molar-refractivity contribution in [2.75, 3.05) is 17.7 Å². The molecule has 0 saturated heterocycles. The van der Waals surface area contributed by atoms with Crippen LogP contribution in [0.3, 0.4) is 0 Å². The van der Waals surface area contributed by atoms with Gasteiger partial charge in [0.15, 0.2) is 0 Å². The zero-order valence-electron chi connectivity index (χ0n) is 27.2. The molecule has 3 fully saturated rings. The van der Waals surface area contributed by atoms with E-state index in [1.807, 2.05) is 6.92 Å². The molecule has 2 aromatic heterocycles. The quantitative estimate of drug-likeness (QED) is 0.102. The number of carbonyl (C=O) groups excluding carboxylic acids is 2. The second kappa shape index (κ2) is 15.7. The first-order chi connectivity index (χ1) is 22.8. The number of nitrogen functional groups attached to an aromatic ring is 1. The van der Waals surface area contributed by atoms with Crippen LogP contribution >= 0.6 is 12.4 Å². The molecule has 0 aliphatic heterocycles. The molecule has 270 valence electrons. The lowest BCUT2D eigenvalue weighted by atomic mass is 9.52. The summed E-state index contributed by atoms with van der Waals surface area (Å²) in [6.07, 6.45) is 7.28. The largest absolute Gasteiger partial charge is 0.493 e. The van der Waals surface area contributed by atoms with Gasteiger partial charge >= 0.3 is 11.9 Å². The number of carbonyl (C=O) groups is 3. The summed E-state index contributed by atoms with van der Waals surface area (Å²) in [7, 11) is 0. The van der Waals surface area contributed by atoms with Gasteiger partial charge in [0.2, 0.25) is 11.7 Å². The van der Waals surface area contributed by atoms with Gasteiger partial charge in [0, 0.05) is 25.2 Å². The van der Waals surface area contributed by atoms with Crippen LogP contribution in [0.1, 0.15) is 91.9 Å². The first kappa shape index (κ1) is 39.4. The molecule has 0 spiro atoms. The zero-order valence-corrected chi connectivity index (χ0v) is 28.0. The van der Waals surface area contributed by atoms with E-state index in [2.05, 4.69) is 27.5 Å². The number of aromatic hydroxyl groups is 1. The lowest BCUT2D eigenvalue weighted by molar-refractivity contribution is -0.166. The molecule has 1 amide bonds. The Labute approximate surface area is 294 Å². The van der Waals surface area contributed by atoms with E-state index in [0.717, 1.165) is 66.3 Å². The van der Waals surface area contributed by atoms with E-state index in [4.69, 9.17) is 16.2 Å². The Morgan fingerprint density at radius 3 is 2.22 bits per heavy atom. The number of benzene rings is 1. The Kier molecular flexibility index (Phi) is 12.4. The smallest absolute Gasteiger partial charge is 0.353 e. The lowest BCUT2D eigenvalue weighted by Gasteiger charge is -2.53. The molecule has 0 radical (unpaired) electrons. The van der Waals surface area contributed by atoms with E-state index in [1.54, 1.807) is 24.3 Å². The number of carboxylic acid groups (broad SMARTS) is 1. The molecular formula is C34H44ClN7O8. The Balaban J connectivity index is 0.000000318. The topological polar surface area (TPSA) is 241 Å². The van der Waals surface area contributed by atoms with Gasteiger partial charge < -0.3 is 37.1 Å². The second-order valence-electron chi connectivity index (χ2n) is 12.5. The van der Waals surface area contributed by atoms with Crippen LogP contribution < -0.4 is 33.0 Å². The zero-order chi connectivity index (χ0) is 34.8. The third-order valence-corrected chi connectivity index (χ3v) is 9.75. The number of carboxylic acids is 1. The fraction of sp³-hybridized carbons (Fsp3) is 0.441. The Morgan fingerprint density at radius 2 is 1.66 bits per heavy atom. The van der Waals surface area contributed by atoms with Crippen molar-refractivity contribution in [3.8, 4) is 5.88 Å². The van der Waals surface area contributed by atoms with Gasteiger partial charge in [-0.1, -0.05) is 31.7 Å². The fourth-order valence-corrected chi connectivity index (χ4v) is 6.64. The summed E-state index contributed by atoms with van der Waals surface area (Å²) in [6, 6.07) is 8.39. The number of amides is 1. The summed E-state index contributed by atoms with van der Waals surface area (Å²) >= 11 is 0. The molecule has 3 aliphatic rings. The third-order valence-electron chi connectivity index (χ3n) is 9.75. The minimum atomic E-state index is -1.36. The molecule has 3 saturated carbocycles. The number of fused-ring (bicyclic) bond motifs is 4. The standard InChI is InChI=1S/C20H16N6O6.C13H23NO2.CH4.ClH/c21-14-15(17(29)16(14)28)22-6-9-2-1-3-10(4-9)7-23-18(30)11-5-12(19(31)32)26-13(27)8-24-20(26)25-11;1-3-16-11(15)13-7-4-12(5-8-13,6-9-13)10(2)14;;/h1-5,8,22,27H,6-7,21H2,(H,23,30)(H,31,32);10H,3-9,14H2,1-2H3;1H4;1H. The molecule has 16 heteroatoms. The van der Waals surface area contributed by atoms with Crippen LogP contribution in [0.15, 0.2) is 46.1 Å². The highest BCUT2D eigenvalue weighted by atomic mass is 35.5. The predicted octanol–water partition coefficient (Wildman–Crippen LogP) is 3.15. The summed E-state index contributed by atoms with van der Waals surface area (Å²) in [5, 5.41) is 24.6. The van der Waals surface area contributed by atoms with E-state index in [0.29, 0.717) is 12.0 Å². The monoisotopic (exact) mass is 713 g/mol.